The van der Waals surface area contributed by atoms with Gasteiger partial charge in [-0.25, -0.2) is 0 Å². The normalized spacial score (nSPS) is 19.9. The van der Waals surface area contributed by atoms with Crippen LogP contribution >= 0.6 is 0 Å². The van der Waals surface area contributed by atoms with Crippen molar-refractivity contribution >= 4 is 5.91 Å². The smallest absolute Gasteiger partial charge is 0.254 e. The molecule has 1 amide bonds. The molecular formula is C12H16N2O2. The highest BCUT2D eigenvalue weighted by Crippen LogP contribution is 2.16. The quantitative estimate of drug-likeness (QED) is 0.804. The van der Waals surface area contributed by atoms with Gasteiger partial charge < -0.3 is 15.4 Å². The standard InChI is InChI=1S/C12H16N2O2/c1-16-11-4-2-3-9(7-11)12(15)14-6-5-10(13)8-14/h2-4,7,10H,5-6,8,13H2,1H3/t10-/m1/s1. The lowest BCUT2D eigenvalue weighted by Crippen LogP contribution is -2.31. The number of methoxy groups -OCH3 is 1. The third-order valence-electron chi connectivity index (χ3n) is 2.83. The van der Waals surface area contributed by atoms with E-state index in [1.807, 2.05) is 12.1 Å². The molecule has 2 N–H and O–H groups in total. The summed E-state index contributed by atoms with van der Waals surface area (Å²) >= 11 is 0. The Bertz CT molecular complexity index is 392. The van der Waals surface area contributed by atoms with Gasteiger partial charge in [-0.2, -0.15) is 0 Å². The number of hydrogen-bond acceptors (Lipinski definition) is 3. The van der Waals surface area contributed by atoms with Crippen LogP contribution in [0.25, 0.3) is 0 Å². The minimum Gasteiger partial charge on any atom is -0.497 e. The molecule has 1 aliphatic rings. The van der Waals surface area contributed by atoms with Gasteiger partial charge in [0.05, 0.1) is 7.11 Å². The second-order valence-corrected chi connectivity index (χ2v) is 4.03. The van der Waals surface area contributed by atoms with Crippen LogP contribution in [0.15, 0.2) is 24.3 Å². The lowest BCUT2D eigenvalue weighted by Gasteiger charge is -2.16. The molecule has 1 heterocycles. The summed E-state index contributed by atoms with van der Waals surface area (Å²) in [5.74, 6) is 0.737. The first-order valence-corrected chi connectivity index (χ1v) is 5.39. The van der Waals surface area contributed by atoms with Crippen LogP contribution in [-0.4, -0.2) is 37.0 Å². The lowest BCUT2D eigenvalue weighted by atomic mass is 10.2. The average molecular weight is 220 g/mol. The van der Waals surface area contributed by atoms with Crippen molar-refractivity contribution in [2.24, 2.45) is 5.73 Å². The van der Waals surface area contributed by atoms with E-state index in [-0.39, 0.29) is 11.9 Å². The monoisotopic (exact) mass is 220 g/mol. The third-order valence-corrected chi connectivity index (χ3v) is 2.83. The summed E-state index contributed by atoms with van der Waals surface area (Å²) in [6.07, 6.45) is 0.885. The molecule has 0 saturated carbocycles. The molecule has 4 heteroatoms. The number of carbonyl (C=O) groups is 1. The summed E-state index contributed by atoms with van der Waals surface area (Å²) in [7, 11) is 1.59. The van der Waals surface area contributed by atoms with Crippen LogP contribution in [0.1, 0.15) is 16.8 Å². The van der Waals surface area contributed by atoms with Crippen LogP contribution < -0.4 is 10.5 Å². The summed E-state index contributed by atoms with van der Waals surface area (Å²) in [6, 6.07) is 7.32. The highest BCUT2D eigenvalue weighted by molar-refractivity contribution is 5.94. The Morgan fingerprint density at radius 1 is 1.56 bits per heavy atom. The predicted molar refractivity (Wildman–Crippen MR) is 61.5 cm³/mol. The van der Waals surface area contributed by atoms with Gasteiger partial charge in [0.15, 0.2) is 0 Å². The average Bonchev–Trinajstić information content (AvgIpc) is 2.75. The van der Waals surface area contributed by atoms with Crippen molar-refractivity contribution < 1.29 is 9.53 Å². The fourth-order valence-electron chi connectivity index (χ4n) is 1.91. The molecule has 1 aromatic carbocycles. The number of amides is 1. The van der Waals surface area contributed by atoms with E-state index in [1.54, 1.807) is 24.1 Å². The van der Waals surface area contributed by atoms with Gasteiger partial charge >= 0.3 is 0 Å². The summed E-state index contributed by atoms with van der Waals surface area (Å²) in [5, 5.41) is 0. The van der Waals surface area contributed by atoms with Gasteiger partial charge in [-0.3, -0.25) is 4.79 Å². The number of rotatable bonds is 2. The Morgan fingerprint density at radius 2 is 2.38 bits per heavy atom. The van der Waals surface area contributed by atoms with E-state index >= 15 is 0 Å². The van der Waals surface area contributed by atoms with Crippen LogP contribution in [0, 0.1) is 0 Å². The van der Waals surface area contributed by atoms with Gasteiger partial charge in [0.2, 0.25) is 0 Å². The molecule has 0 radical (unpaired) electrons. The highest BCUT2D eigenvalue weighted by Gasteiger charge is 2.24. The number of hydrogen-bond donors (Lipinski definition) is 1. The molecule has 0 spiro atoms. The Morgan fingerprint density at radius 3 is 3.00 bits per heavy atom. The molecule has 1 aliphatic heterocycles. The topological polar surface area (TPSA) is 55.6 Å². The van der Waals surface area contributed by atoms with E-state index in [2.05, 4.69) is 0 Å². The van der Waals surface area contributed by atoms with Crippen molar-refractivity contribution in [1.29, 1.82) is 0 Å². The molecule has 1 atom stereocenters. The number of carbonyl (C=O) groups excluding carboxylic acids is 1. The molecule has 1 aromatic rings. The van der Waals surface area contributed by atoms with Gasteiger partial charge in [-0.05, 0) is 24.6 Å². The molecule has 0 unspecified atom stereocenters. The number of nitrogens with two attached hydrogens (primary N) is 1. The zero-order valence-electron chi connectivity index (χ0n) is 9.35. The molecule has 2 rings (SSSR count). The zero-order valence-corrected chi connectivity index (χ0v) is 9.35. The van der Waals surface area contributed by atoms with Gasteiger partial charge in [0.25, 0.3) is 5.91 Å². The summed E-state index contributed by atoms with van der Waals surface area (Å²) in [4.78, 5) is 13.9. The van der Waals surface area contributed by atoms with Gasteiger partial charge in [0.1, 0.15) is 5.75 Å². The van der Waals surface area contributed by atoms with Crippen molar-refractivity contribution in [2.45, 2.75) is 12.5 Å². The molecule has 4 nitrogen and oxygen atoms in total. The first-order valence-electron chi connectivity index (χ1n) is 5.39. The van der Waals surface area contributed by atoms with E-state index in [9.17, 15) is 4.79 Å². The van der Waals surface area contributed by atoms with Crippen LogP contribution in [0.3, 0.4) is 0 Å². The molecule has 0 aromatic heterocycles. The predicted octanol–water partition coefficient (Wildman–Crippen LogP) is 0.868. The fourth-order valence-corrected chi connectivity index (χ4v) is 1.91. The second-order valence-electron chi connectivity index (χ2n) is 4.03. The zero-order chi connectivity index (χ0) is 11.5. The Labute approximate surface area is 95.0 Å². The number of ether oxygens (including phenoxy) is 1. The van der Waals surface area contributed by atoms with Gasteiger partial charge in [0, 0.05) is 24.7 Å². The molecule has 0 aliphatic carbocycles. The van der Waals surface area contributed by atoms with Crippen molar-refractivity contribution in [3.05, 3.63) is 29.8 Å². The molecule has 0 bridgehead atoms. The number of benzene rings is 1. The van der Waals surface area contributed by atoms with Gasteiger partial charge in [-0.1, -0.05) is 6.07 Å². The third kappa shape index (κ3) is 2.17. The number of nitrogens with zero attached hydrogens (tertiary/aromatic N) is 1. The van der Waals surface area contributed by atoms with E-state index < -0.39 is 0 Å². The maximum atomic E-state index is 12.1. The number of likely N-dealkylation sites (tertiary alicyclic amines) is 1. The molecule has 1 fully saturated rings. The minimum atomic E-state index is 0.0341. The Balaban J connectivity index is 2.14. The SMILES string of the molecule is COc1cccc(C(=O)N2CC[C@@H](N)C2)c1. The maximum absolute atomic E-state index is 12.1. The fraction of sp³-hybridized carbons (Fsp3) is 0.417. The van der Waals surface area contributed by atoms with Crippen LogP contribution in [0.5, 0.6) is 5.75 Å². The molecular weight excluding hydrogens is 204 g/mol. The lowest BCUT2D eigenvalue weighted by molar-refractivity contribution is 0.0790. The van der Waals surface area contributed by atoms with Gasteiger partial charge in [-0.15, -0.1) is 0 Å². The Kier molecular flexibility index (Phi) is 3.10. The van der Waals surface area contributed by atoms with Crippen molar-refractivity contribution in [1.82, 2.24) is 4.90 Å². The first-order chi connectivity index (χ1) is 7.70. The van der Waals surface area contributed by atoms with Crippen molar-refractivity contribution in [3.8, 4) is 5.75 Å². The van der Waals surface area contributed by atoms with E-state index in [4.69, 9.17) is 10.5 Å². The van der Waals surface area contributed by atoms with Crippen LogP contribution in [0.2, 0.25) is 0 Å². The Hall–Kier alpha value is -1.55. The highest BCUT2D eigenvalue weighted by atomic mass is 16.5. The van der Waals surface area contributed by atoms with Crippen molar-refractivity contribution in [3.63, 3.8) is 0 Å². The van der Waals surface area contributed by atoms with E-state index in [1.165, 1.54) is 0 Å². The maximum Gasteiger partial charge on any atom is 0.254 e. The van der Waals surface area contributed by atoms with Crippen molar-refractivity contribution in [2.75, 3.05) is 20.2 Å². The summed E-state index contributed by atoms with van der Waals surface area (Å²) in [5.41, 5.74) is 6.44. The second kappa shape index (κ2) is 4.53. The molecule has 16 heavy (non-hydrogen) atoms. The van der Waals surface area contributed by atoms with Crippen LogP contribution in [0.4, 0.5) is 0 Å². The molecule has 1 saturated heterocycles. The first kappa shape index (κ1) is 11.0. The molecule has 86 valence electrons. The van der Waals surface area contributed by atoms with E-state index in [0.717, 1.165) is 13.0 Å². The van der Waals surface area contributed by atoms with Crippen LogP contribution in [-0.2, 0) is 0 Å². The summed E-state index contributed by atoms with van der Waals surface area (Å²) < 4.78 is 5.09. The minimum absolute atomic E-state index is 0.0341. The largest absolute Gasteiger partial charge is 0.497 e. The summed E-state index contributed by atoms with van der Waals surface area (Å²) in [6.45, 7) is 1.40. The van der Waals surface area contributed by atoms with E-state index in [0.29, 0.717) is 17.9 Å².